The van der Waals surface area contributed by atoms with E-state index in [2.05, 4.69) is 22.3 Å². The van der Waals surface area contributed by atoms with Gasteiger partial charge in [-0.15, -0.1) is 0 Å². The van der Waals surface area contributed by atoms with Crippen molar-refractivity contribution in [3.8, 4) is 0 Å². The number of carbonyl (C=O) groups is 2. The van der Waals surface area contributed by atoms with E-state index in [1.807, 2.05) is 54.4 Å². The zero-order chi connectivity index (χ0) is 21.1. The van der Waals surface area contributed by atoms with Crippen LogP contribution in [0.25, 0.3) is 10.9 Å². The molecule has 6 nitrogen and oxygen atoms in total. The van der Waals surface area contributed by atoms with Crippen molar-refractivity contribution in [3.63, 3.8) is 0 Å². The second kappa shape index (κ2) is 8.79. The van der Waals surface area contributed by atoms with Crippen LogP contribution < -0.4 is 10.2 Å². The van der Waals surface area contributed by atoms with E-state index in [1.54, 1.807) is 4.57 Å². The number of halogens is 1. The lowest BCUT2D eigenvalue weighted by molar-refractivity contribution is -0.131. The zero-order valence-electron chi connectivity index (χ0n) is 17.0. The van der Waals surface area contributed by atoms with Crippen LogP contribution in [0, 0.1) is 0 Å². The van der Waals surface area contributed by atoms with Crippen molar-refractivity contribution in [1.82, 2.24) is 14.8 Å². The summed E-state index contributed by atoms with van der Waals surface area (Å²) >= 11 is 6.42. The first-order valence-corrected chi connectivity index (χ1v) is 10.5. The molecule has 1 aromatic heterocycles. The van der Waals surface area contributed by atoms with E-state index in [9.17, 15) is 9.59 Å². The molecule has 7 heteroatoms. The second-order valence-corrected chi connectivity index (χ2v) is 7.83. The van der Waals surface area contributed by atoms with Gasteiger partial charge in [0.2, 0.25) is 5.91 Å². The zero-order valence-corrected chi connectivity index (χ0v) is 17.7. The van der Waals surface area contributed by atoms with Crippen molar-refractivity contribution >= 4 is 40.0 Å². The number of piperazine rings is 1. The standard InChI is InChI=1S/C23H25ClN4O2/c1-26-19-10-6-5-9-18(19)21(24)22(26)23(30)25-12-11-20(29)28-15-13-27(14-16-28)17-7-3-2-4-8-17/h2-10H,11-16H2,1H3,(H,25,30). The number of fused-ring (bicyclic) bond motifs is 1. The summed E-state index contributed by atoms with van der Waals surface area (Å²) in [5.41, 5.74) is 2.51. The summed E-state index contributed by atoms with van der Waals surface area (Å²) in [5, 5.41) is 4.13. The molecule has 1 saturated heterocycles. The highest BCUT2D eigenvalue weighted by molar-refractivity contribution is 6.38. The van der Waals surface area contributed by atoms with Crippen molar-refractivity contribution < 1.29 is 9.59 Å². The summed E-state index contributed by atoms with van der Waals surface area (Å²) in [6, 6.07) is 17.9. The minimum absolute atomic E-state index is 0.0613. The number of nitrogens with zero attached hydrogens (tertiary/aromatic N) is 3. The molecule has 2 aromatic carbocycles. The van der Waals surface area contributed by atoms with Crippen LogP contribution >= 0.6 is 11.6 Å². The fourth-order valence-electron chi connectivity index (χ4n) is 3.98. The minimum atomic E-state index is -0.264. The number of anilines is 1. The number of nitrogens with one attached hydrogen (secondary N) is 1. The largest absolute Gasteiger partial charge is 0.368 e. The van der Waals surface area contributed by atoms with E-state index in [0.717, 1.165) is 24.0 Å². The number of hydrogen-bond acceptors (Lipinski definition) is 3. The van der Waals surface area contributed by atoms with E-state index < -0.39 is 0 Å². The summed E-state index contributed by atoms with van der Waals surface area (Å²) in [6.07, 6.45) is 0.276. The maximum absolute atomic E-state index is 12.7. The molecule has 1 aliphatic heterocycles. The molecule has 0 bridgehead atoms. The Bertz CT molecular complexity index is 1020. The van der Waals surface area contributed by atoms with E-state index >= 15 is 0 Å². The van der Waals surface area contributed by atoms with Gasteiger partial charge in [-0.2, -0.15) is 0 Å². The first kappa shape index (κ1) is 20.3. The molecular weight excluding hydrogens is 400 g/mol. The molecule has 0 aliphatic carbocycles. The molecule has 4 rings (SSSR count). The lowest BCUT2D eigenvalue weighted by Crippen LogP contribution is -2.49. The highest BCUT2D eigenvalue weighted by atomic mass is 35.5. The van der Waals surface area contributed by atoms with Gasteiger partial charge in [-0.3, -0.25) is 9.59 Å². The van der Waals surface area contributed by atoms with Gasteiger partial charge in [0.05, 0.1) is 5.02 Å². The van der Waals surface area contributed by atoms with Crippen LogP contribution in [-0.4, -0.2) is 54.0 Å². The van der Waals surface area contributed by atoms with Crippen LogP contribution in [-0.2, 0) is 11.8 Å². The number of aryl methyl sites for hydroxylation is 1. The Morgan fingerprint density at radius 3 is 2.33 bits per heavy atom. The Labute approximate surface area is 181 Å². The van der Waals surface area contributed by atoms with Crippen molar-refractivity contribution in [2.45, 2.75) is 6.42 Å². The SMILES string of the molecule is Cn1c(C(=O)NCCC(=O)N2CCN(c3ccccc3)CC2)c(Cl)c2ccccc21. The van der Waals surface area contributed by atoms with Gasteiger partial charge in [-0.1, -0.05) is 48.0 Å². The molecule has 0 unspecified atom stereocenters. The first-order chi connectivity index (χ1) is 14.6. The molecule has 0 saturated carbocycles. The van der Waals surface area contributed by atoms with Crippen LogP contribution in [0.5, 0.6) is 0 Å². The molecule has 0 radical (unpaired) electrons. The Morgan fingerprint density at radius 2 is 1.63 bits per heavy atom. The Morgan fingerprint density at radius 1 is 0.967 bits per heavy atom. The van der Waals surface area contributed by atoms with Crippen LogP contribution in [0.3, 0.4) is 0 Å². The molecule has 30 heavy (non-hydrogen) atoms. The molecule has 0 atom stereocenters. The third kappa shape index (κ3) is 4.00. The van der Waals surface area contributed by atoms with Gasteiger partial charge in [0, 0.05) is 62.8 Å². The average Bonchev–Trinajstić information content (AvgIpc) is 3.04. The van der Waals surface area contributed by atoms with Gasteiger partial charge in [-0.25, -0.2) is 0 Å². The monoisotopic (exact) mass is 424 g/mol. The van der Waals surface area contributed by atoms with E-state index in [4.69, 9.17) is 11.6 Å². The highest BCUT2D eigenvalue weighted by Gasteiger charge is 2.22. The quantitative estimate of drug-likeness (QED) is 0.683. The summed E-state index contributed by atoms with van der Waals surface area (Å²) in [5.74, 6) is -0.202. The number of para-hydroxylation sites is 2. The topological polar surface area (TPSA) is 57.6 Å². The number of aromatic nitrogens is 1. The van der Waals surface area contributed by atoms with E-state index in [-0.39, 0.29) is 24.8 Å². The lowest BCUT2D eigenvalue weighted by atomic mass is 10.2. The molecule has 156 valence electrons. The molecule has 0 spiro atoms. The first-order valence-electron chi connectivity index (χ1n) is 10.1. The van der Waals surface area contributed by atoms with Gasteiger partial charge in [-0.05, 0) is 18.2 Å². The molecule has 1 fully saturated rings. The summed E-state index contributed by atoms with van der Waals surface area (Å²) in [6.45, 7) is 3.29. The predicted octanol–water partition coefficient (Wildman–Crippen LogP) is 3.30. The van der Waals surface area contributed by atoms with E-state index in [0.29, 0.717) is 23.8 Å². The summed E-state index contributed by atoms with van der Waals surface area (Å²) < 4.78 is 1.79. The van der Waals surface area contributed by atoms with Gasteiger partial charge in [0.25, 0.3) is 5.91 Å². The van der Waals surface area contributed by atoms with Gasteiger partial charge in [0.15, 0.2) is 0 Å². The van der Waals surface area contributed by atoms with Crippen molar-refractivity contribution in [2.75, 3.05) is 37.6 Å². The Balaban J connectivity index is 1.29. The second-order valence-electron chi connectivity index (χ2n) is 7.45. The third-order valence-electron chi connectivity index (χ3n) is 5.64. The third-order valence-corrected chi connectivity index (χ3v) is 6.02. The van der Waals surface area contributed by atoms with Crippen LogP contribution in [0.2, 0.25) is 5.02 Å². The fourth-order valence-corrected chi connectivity index (χ4v) is 4.35. The highest BCUT2D eigenvalue weighted by Crippen LogP contribution is 2.29. The summed E-state index contributed by atoms with van der Waals surface area (Å²) in [4.78, 5) is 29.4. The Hall–Kier alpha value is -2.99. The number of rotatable bonds is 5. The molecular formula is C23H25ClN4O2. The molecule has 3 aromatic rings. The minimum Gasteiger partial charge on any atom is -0.368 e. The number of benzene rings is 2. The van der Waals surface area contributed by atoms with Crippen LogP contribution in [0.15, 0.2) is 54.6 Å². The molecule has 1 aliphatic rings. The summed E-state index contributed by atoms with van der Waals surface area (Å²) in [7, 11) is 1.82. The number of amides is 2. The van der Waals surface area contributed by atoms with Crippen molar-refractivity contribution in [3.05, 3.63) is 65.3 Å². The molecule has 2 amide bonds. The predicted molar refractivity (Wildman–Crippen MR) is 120 cm³/mol. The Kier molecular flexibility index (Phi) is 5.95. The maximum atomic E-state index is 12.7. The maximum Gasteiger partial charge on any atom is 0.269 e. The average molecular weight is 425 g/mol. The normalized spacial score (nSPS) is 14.2. The molecule has 2 heterocycles. The lowest BCUT2D eigenvalue weighted by Gasteiger charge is -2.36. The van der Waals surface area contributed by atoms with Gasteiger partial charge in [0.1, 0.15) is 5.69 Å². The van der Waals surface area contributed by atoms with Gasteiger partial charge >= 0.3 is 0 Å². The smallest absolute Gasteiger partial charge is 0.269 e. The van der Waals surface area contributed by atoms with Gasteiger partial charge < -0.3 is 19.7 Å². The van der Waals surface area contributed by atoms with E-state index in [1.165, 1.54) is 5.69 Å². The number of hydrogen-bond donors (Lipinski definition) is 1. The van der Waals surface area contributed by atoms with Crippen molar-refractivity contribution in [1.29, 1.82) is 0 Å². The van der Waals surface area contributed by atoms with Crippen LogP contribution in [0.4, 0.5) is 5.69 Å². The molecule has 1 N–H and O–H groups in total. The fraction of sp³-hybridized carbons (Fsp3) is 0.304. The van der Waals surface area contributed by atoms with Crippen molar-refractivity contribution in [2.24, 2.45) is 7.05 Å². The van der Waals surface area contributed by atoms with Crippen LogP contribution in [0.1, 0.15) is 16.9 Å². The number of carbonyl (C=O) groups excluding carboxylic acids is 2.